The first-order valence-corrected chi connectivity index (χ1v) is 9.25. The fraction of sp³-hybridized carbons (Fsp3) is 0.333. The molecule has 3 rings (SSSR count). The Bertz CT molecular complexity index is 746. The molecule has 1 N–H and O–H groups in total. The van der Waals surface area contributed by atoms with Crippen LogP contribution in [0.3, 0.4) is 0 Å². The van der Waals surface area contributed by atoms with Crippen molar-refractivity contribution in [1.29, 1.82) is 0 Å². The maximum absolute atomic E-state index is 12.4. The van der Waals surface area contributed by atoms with Crippen LogP contribution in [0, 0.1) is 0 Å². The third-order valence-electron chi connectivity index (χ3n) is 4.32. The van der Waals surface area contributed by atoms with E-state index in [2.05, 4.69) is 43.3 Å². The average molecular weight is 425 g/mol. The molecule has 1 aliphatic heterocycles. The Morgan fingerprint density at radius 1 is 1.32 bits per heavy atom. The van der Waals surface area contributed by atoms with E-state index in [1.54, 1.807) is 19.4 Å². The Kier molecular flexibility index (Phi) is 5.81. The van der Waals surface area contributed by atoms with Gasteiger partial charge in [0.25, 0.3) is 5.91 Å². The number of amides is 1. The predicted molar refractivity (Wildman–Crippen MR) is 103 cm³/mol. The lowest BCUT2D eigenvalue weighted by atomic mass is 10.0. The summed E-state index contributed by atoms with van der Waals surface area (Å²) in [6.45, 7) is 1.78. The molecule has 2 aromatic rings. The number of hydrogen-bond donors (Lipinski definition) is 1. The molecule has 7 heteroatoms. The minimum Gasteiger partial charge on any atom is -0.497 e. The Labute approximate surface area is 160 Å². The molecule has 0 spiro atoms. The minimum absolute atomic E-state index is 0.136. The van der Waals surface area contributed by atoms with Crippen LogP contribution in [0.1, 0.15) is 23.2 Å². The summed E-state index contributed by atoms with van der Waals surface area (Å²) >= 11 is 9.34. The number of ether oxygens (including phenoxy) is 1. The Morgan fingerprint density at radius 3 is 2.64 bits per heavy atom. The summed E-state index contributed by atoms with van der Waals surface area (Å²) in [6, 6.07) is 9.88. The molecule has 2 heterocycles. The molecule has 0 saturated carbocycles. The highest BCUT2D eigenvalue weighted by Gasteiger charge is 2.22. The average Bonchev–Trinajstić information content (AvgIpc) is 2.64. The molecule has 0 radical (unpaired) electrons. The monoisotopic (exact) mass is 423 g/mol. The molecule has 1 amide bonds. The van der Waals surface area contributed by atoms with Crippen molar-refractivity contribution in [2.75, 3.05) is 25.1 Å². The van der Waals surface area contributed by atoms with Gasteiger partial charge in [-0.15, -0.1) is 0 Å². The molecule has 1 saturated heterocycles. The third kappa shape index (κ3) is 4.44. The summed E-state index contributed by atoms with van der Waals surface area (Å²) < 4.78 is 5.92. The quantitative estimate of drug-likeness (QED) is 0.756. The van der Waals surface area contributed by atoms with Crippen LogP contribution in [0.4, 0.5) is 5.69 Å². The zero-order valence-electron chi connectivity index (χ0n) is 13.8. The van der Waals surface area contributed by atoms with Crippen molar-refractivity contribution >= 4 is 39.1 Å². The molecule has 1 aliphatic rings. The normalized spacial score (nSPS) is 15.1. The summed E-state index contributed by atoms with van der Waals surface area (Å²) in [4.78, 5) is 18.7. The number of nitrogens with zero attached hydrogens (tertiary/aromatic N) is 2. The number of hydrogen-bond acceptors (Lipinski definition) is 4. The fourth-order valence-electron chi connectivity index (χ4n) is 2.92. The smallest absolute Gasteiger partial charge is 0.254 e. The molecule has 132 valence electrons. The number of nitrogens with one attached hydrogen (secondary N) is 1. The molecule has 0 aliphatic carbocycles. The highest BCUT2D eigenvalue weighted by molar-refractivity contribution is 9.10. The number of anilines is 1. The fourth-order valence-corrected chi connectivity index (χ4v) is 3.44. The van der Waals surface area contributed by atoms with Crippen LogP contribution in [-0.2, 0) is 0 Å². The van der Waals surface area contributed by atoms with Crippen LogP contribution >= 0.6 is 27.5 Å². The molecule has 1 aromatic carbocycles. The van der Waals surface area contributed by atoms with Crippen molar-refractivity contribution in [2.45, 2.75) is 18.9 Å². The van der Waals surface area contributed by atoms with Gasteiger partial charge >= 0.3 is 0 Å². The standard InChI is InChI=1S/C18H19BrClN3O2/c1-25-15-4-2-14(3-5-15)23-8-6-13(7-9-23)22-18(24)16-10-12(19)11-21-17(16)20/h2-5,10-11,13H,6-9H2,1H3,(H,22,24). The van der Waals surface area contributed by atoms with E-state index in [1.165, 1.54) is 5.69 Å². The molecule has 0 unspecified atom stereocenters. The van der Waals surface area contributed by atoms with Crippen molar-refractivity contribution in [1.82, 2.24) is 10.3 Å². The molecule has 25 heavy (non-hydrogen) atoms. The molecule has 1 aromatic heterocycles. The predicted octanol–water partition coefficient (Wildman–Crippen LogP) is 3.90. The van der Waals surface area contributed by atoms with Gasteiger partial charge in [-0.25, -0.2) is 4.98 Å². The van der Waals surface area contributed by atoms with E-state index in [0.717, 1.165) is 36.2 Å². The highest BCUT2D eigenvalue weighted by atomic mass is 79.9. The van der Waals surface area contributed by atoms with E-state index in [9.17, 15) is 4.79 Å². The topological polar surface area (TPSA) is 54.5 Å². The van der Waals surface area contributed by atoms with Crippen LogP contribution in [0.2, 0.25) is 5.15 Å². The number of halogens is 2. The van der Waals surface area contributed by atoms with Gasteiger partial charge in [-0.2, -0.15) is 0 Å². The van der Waals surface area contributed by atoms with Crippen LogP contribution in [-0.4, -0.2) is 37.1 Å². The molecule has 5 nitrogen and oxygen atoms in total. The second kappa shape index (κ2) is 8.06. The van der Waals surface area contributed by atoms with Crippen molar-refractivity contribution < 1.29 is 9.53 Å². The number of pyridine rings is 1. The molecule has 0 bridgehead atoms. The van der Waals surface area contributed by atoms with E-state index < -0.39 is 0 Å². The number of benzene rings is 1. The van der Waals surface area contributed by atoms with E-state index in [0.29, 0.717) is 5.56 Å². The summed E-state index contributed by atoms with van der Waals surface area (Å²) in [5, 5.41) is 3.28. The van der Waals surface area contributed by atoms with Crippen molar-refractivity contribution in [3.05, 3.63) is 51.7 Å². The zero-order chi connectivity index (χ0) is 17.8. The molecule has 1 fully saturated rings. The van der Waals surface area contributed by atoms with Crippen molar-refractivity contribution in [2.24, 2.45) is 0 Å². The maximum Gasteiger partial charge on any atom is 0.254 e. The summed E-state index contributed by atoms with van der Waals surface area (Å²) in [5.74, 6) is 0.673. The first kappa shape index (κ1) is 18.0. The molecular formula is C18H19BrClN3O2. The Morgan fingerprint density at radius 2 is 2.00 bits per heavy atom. The van der Waals surface area contributed by atoms with Gasteiger partial charge in [-0.3, -0.25) is 4.79 Å². The van der Waals surface area contributed by atoms with Gasteiger partial charge < -0.3 is 15.0 Å². The van der Waals surface area contributed by atoms with E-state index >= 15 is 0 Å². The number of aromatic nitrogens is 1. The third-order valence-corrected chi connectivity index (χ3v) is 5.05. The van der Waals surface area contributed by atoms with Gasteiger partial charge in [-0.1, -0.05) is 11.6 Å². The first-order chi connectivity index (χ1) is 12.1. The molecule has 0 atom stereocenters. The Hall–Kier alpha value is -1.79. The van der Waals surface area contributed by atoms with Gasteiger partial charge in [0.1, 0.15) is 10.9 Å². The SMILES string of the molecule is COc1ccc(N2CCC(NC(=O)c3cc(Br)cnc3Cl)CC2)cc1. The Balaban J connectivity index is 1.57. The lowest BCUT2D eigenvalue weighted by Gasteiger charge is -2.34. The highest BCUT2D eigenvalue weighted by Crippen LogP contribution is 2.23. The van der Waals surface area contributed by atoms with E-state index in [1.807, 2.05) is 12.1 Å². The zero-order valence-corrected chi connectivity index (χ0v) is 16.2. The number of carbonyl (C=O) groups is 1. The number of rotatable bonds is 4. The maximum atomic E-state index is 12.4. The van der Waals surface area contributed by atoms with E-state index in [4.69, 9.17) is 16.3 Å². The van der Waals surface area contributed by atoms with Crippen LogP contribution in [0.15, 0.2) is 41.0 Å². The van der Waals surface area contributed by atoms with Crippen molar-refractivity contribution in [3.8, 4) is 5.75 Å². The number of carbonyl (C=O) groups excluding carboxylic acids is 1. The summed E-state index contributed by atoms with van der Waals surface area (Å²) in [5.41, 5.74) is 1.57. The van der Waals surface area contributed by atoms with Gasteiger partial charge in [0.2, 0.25) is 0 Å². The van der Waals surface area contributed by atoms with Gasteiger partial charge in [0, 0.05) is 35.5 Å². The number of piperidine rings is 1. The van der Waals surface area contributed by atoms with Gasteiger partial charge in [0.15, 0.2) is 0 Å². The van der Waals surface area contributed by atoms with E-state index in [-0.39, 0.29) is 17.1 Å². The lowest BCUT2D eigenvalue weighted by Crippen LogP contribution is -2.44. The lowest BCUT2D eigenvalue weighted by molar-refractivity contribution is 0.0931. The molecular weight excluding hydrogens is 406 g/mol. The van der Waals surface area contributed by atoms with Gasteiger partial charge in [-0.05, 0) is 59.1 Å². The minimum atomic E-state index is -0.179. The van der Waals surface area contributed by atoms with Crippen LogP contribution in [0.25, 0.3) is 0 Å². The van der Waals surface area contributed by atoms with Gasteiger partial charge in [0.05, 0.1) is 12.7 Å². The second-order valence-electron chi connectivity index (χ2n) is 5.92. The largest absolute Gasteiger partial charge is 0.497 e. The summed E-state index contributed by atoms with van der Waals surface area (Å²) in [6.07, 6.45) is 3.35. The van der Waals surface area contributed by atoms with Crippen LogP contribution in [0.5, 0.6) is 5.75 Å². The summed E-state index contributed by atoms with van der Waals surface area (Å²) in [7, 11) is 1.66. The van der Waals surface area contributed by atoms with Crippen LogP contribution < -0.4 is 15.0 Å². The first-order valence-electron chi connectivity index (χ1n) is 8.07. The number of methoxy groups -OCH3 is 1. The second-order valence-corrected chi connectivity index (χ2v) is 7.20. The van der Waals surface area contributed by atoms with Crippen molar-refractivity contribution in [3.63, 3.8) is 0 Å².